The summed E-state index contributed by atoms with van der Waals surface area (Å²) in [5.74, 6) is -0.144. The Morgan fingerprint density at radius 2 is 1.84 bits per heavy atom. The molecule has 4 rings (SSSR count). The number of hydrogen-bond donors (Lipinski definition) is 0. The summed E-state index contributed by atoms with van der Waals surface area (Å²) in [6.07, 6.45) is 1.86. The smallest absolute Gasteiger partial charge is 0.270 e. The number of carbonyl (C=O) groups excluding carboxylic acids is 1. The van der Waals surface area contributed by atoms with Crippen molar-refractivity contribution in [3.8, 4) is 0 Å². The molecule has 3 heterocycles. The molecule has 31 heavy (non-hydrogen) atoms. The molecule has 9 nitrogen and oxygen atoms in total. The molecule has 0 radical (unpaired) electrons. The Hall–Kier alpha value is -3.02. The van der Waals surface area contributed by atoms with Crippen LogP contribution in [0.5, 0.6) is 0 Å². The Morgan fingerprint density at radius 1 is 1.06 bits per heavy atom. The highest BCUT2D eigenvalue weighted by Crippen LogP contribution is 2.23. The number of nitrogens with zero attached hydrogens (tertiary/aromatic N) is 4. The van der Waals surface area contributed by atoms with Gasteiger partial charge in [0.05, 0.1) is 16.4 Å². The first-order chi connectivity index (χ1) is 14.9. The number of amides is 1. The zero-order valence-corrected chi connectivity index (χ0v) is 18.1. The van der Waals surface area contributed by atoms with Gasteiger partial charge in [-0.1, -0.05) is 12.1 Å². The van der Waals surface area contributed by atoms with Gasteiger partial charge < -0.3 is 9.47 Å². The van der Waals surface area contributed by atoms with Crippen molar-refractivity contribution >= 4 is 33.0 Å². The molecule has 0 bridgehead atoms. The summed E-state index contributed by atoms with van der Waals surface area (Å²) < 4.78 is 28.9. The van der Waals surface area contributed by atoms with E-state index in [1.165, 1.54) is 22.5 Å². The molecule has 0 saturated carbocycles. The zero-order chi connectivity index (χ0) is 22.0. The van der Waals surface area contributed by atoms with Gasteiger partial charge in [0.2, 0.25) is 10.0 Å². The highest BCUT2D eigenvalue weighted by atomic mass is 32.2. The second-order valence-corrected chi connectivity index (χ2v) is 10.0. The molecule has 3 aromatic rings. The van der Waals surface area contributed by atoms with E-state index in [0.29, 0.717) is 12.2 Å². The molecule has 0 aliphatic carbocycles. The van der Waals surface area contributed by atoms with Gasteiger partial charge in [-0.05, 0) is 29.6 Å². The fourth-order valence-electron chi connectivity index (χ4n) is 3.52. The van der Waals surface area contributed by atoms with Crippen molar-refractivity contribution in [3.05, 3.63) is 80.8 Å². The van der Waals surface area contributed by atoms with Crippen molar-refractivity contribution in [2.75, 3.05) is 26.2 Å². The number of aromatic nitrogens is 1. The monoisotopic (exact) mass is 460 g/mol. The largest absolute Gasteiger partial charge is 0.338 e. The quantitative estimate of drug-likeness (QED) is 0.415. The minimum Gasteiger partial charge on any atom is -0.338 e. The number of hydrogen-bond acceptors (Lipinski definition) is 6. The number of nitro benzene ring substituents is 1. The lowest BCUT2D eigenvalue weighted by molar-refractivity contribution is -0.385. The molecule has 1 fully saturated rings. The predicted octanol–water partition coefficient (Wildman–Crippen LogP) is 2.65. The molecule has 2 aromatic heterocycles. The van der Waals surface area contributed by atoms with Crippen LogP contribution in [0.25, 0.3) is 0 Å². The van der Waals surface area contributed by atoms with Crippen LogP contribution in [-0.4, -0.2) is 59.2 Å². The lowest BCUT2D eigenvalue weighted by atomic mass is 10.3. The number of sulfonamides is 1. The van der Waals surface area contributed by atoms with Crippen LogP contribution in [0.3, 0.4) is 0 Å². The van der Waals surface area contributed by atoms with E-state index in [1.54, 1.807) is 22.3 Å². The van der Waals surface area contributed by atoms with E-state index < -0.39 is 14.9 Å². The van der Waals surface area contributed by atoms with Crippen LogP contribution < -0.4 is 0 Å². The number of piperazine rings is 1. The van der Waals surface area contributed by atoms with Gasteiger partial charge in [0, 0.05) is 49.4 Å². The molecular formula is C20H20N4O5S2. The van der Waals surface area contributed by atoms with Crippen LogP contribution in [0, 0.1) is 10.1 Å². The summed E-state index contributed by atoms with van der Waals surface area (Å²) in [6, 6.07) is 12.6. The average molecular weight is 461 g/mol. The molecule has 0 atom stereocenters. The molecule has 0 unspecified atom stereocenters. The maximum atomic E-state index is 13.0. The number of nitro groups is 1. The highest BCUT2D eigenvalue weighted by Gasteiger charge is 2.31. The SMILES string of the molecule is O=C(c1cccn1Cc1cccs1)N1CCN(S(=O)(=O)c2cccc([N+](=O)[O-])c2)CC1. The average Bonchev–Trinajstić information content (AvgIpc) is 3.46. The van der Waals surface area contributed by atoms with E-state index in [4.69, 9.17) is 0 Å². The number of thiophene rings is 1. The number of non-ortho nitro benzene ring substituents is 1. The molecule has 1 amide bonds. The Balaban J connectivity index is 1.44. The van der Waals surface area contributed by atoms with Gasteiger partial charge in [0.15, 0.2) is 0 Å². The second-order valence-electron chi connectivity index (χ2n) is 7.05. The first kappa shape index (κ1) is 21.2. The maximum absolute atomic E-state index is 13.0. The summed E-state index contributed by atoms with van der Waals surface area (Å²) in [5, 5.41) is 13.0. The van der Waals surface area contributed by atoms with Gasteiger partial charge >= 0.3 is 0 Å². The molecule has 1 saturated heterocycles. The lowest BCUT2D eigenvalue weighted by Crippen LogP contribution is -2.50. The highest BCUT2D eigenvalue weighted by molar-refractivity contribution is 7.89. The zero-order valence-electron chi connectivity index (χ0n) is 16.5. The second kappa shape index (κ2) is 8.61. The normalized spacial score (nSPS) is 15.2. The van der Waals surface area contributed by atoms with Crippen LogP contribution in [0.1, 0.15) is 15.4 Å². The van der Waals surface area contributed by atoms with Crippen molar-refractivity contribution < 1.29 is 18.1 Å². The van der Waals surface area contributed by atoms with E-state index >= 15 is 0 Å². The third-order valence-electron chi connectivity index (χ3n) is 5.15. The van der Waals surface area contributed by atoms with Gasteiger partial charge in [-0.3, -0.25) is 14.9 Å². The molecule has 11 heteroatoms. The number of rotatable bonds is 6. The number of carbonyl (C=O) groups is 1. The Labute approximate surface area is 183 Å². The topological polar surface area (TPSA) is 106 Å². The lowest BCUT2D eigenvalue weighted by Gasteiger charge is -2.34. The van der Waals surface area contributed by atoms with Crippen molar-refractivity contribution in [2.24, 2.45) is 0 Å². The summed E-state index contributed by atoms with van der Waals surface area (Å²) in [7, 11) is -3.88. The van der Waals surface area contributed by atoms with E-state index in [2.05, 4.69) is 0 Å². The van der Waals surface area contributed by atoms with Crippen molar-refractivity contribution in [1.82, 2.24) is 13.8 Å². The summed E-state index contributed by atoms with van der Waals surface area (Å²) in [5.41, 5.74) is 0.282. The molecule has 1 aromatic carbocycles. The Morgan fingerprint density at radius 3 is 2.52 bits per heavy atom. The van der Waals surface area contributed by atoms with Gasteiger partial charge in [0.25, 0.3) is 11.6 Å². The van der Waals surface area contributed by atoms with Crippen molar-refractivity contribution in [2.45, 2.75) is 11.4 Å². The van der Waals surface area contributed by atoms with Crippen LogP contribution in [-0.2, 0) is 16.6 Å². The van der Waals surface area contributed by atoms with Gasteiger partial charge in [-0.15, -0.1) is 11.3 Å². The molecule has 1 aliphatic rings. The fourth-order valence-corrected chi connectivity index (χ4v) is 5.68. The predicted molar refractivity (Wildman–Crippen MR) is 116 cm³/mol. The number of benzene rings is 1. The molecule has 162 valence electrons. The fraction of sp³-hybridized carbons (Fsp3) is 0.250. The van der Waals surface area contributed by atoms with E-state index in [0.717, 1.165) is 10.9 Å². The first-order valence-electron chi connectivity index (χ1n) is 9.57. The molecule has 0 N–H and O–H groups in total. The molecular weight excluding hydrogens is 440 g/mol. The van der Waals surface area contributed by atoms with Crippen LogP contribution in [0.2, 0.25) is 0 Å². The van der Waals surface area contributed by atoms with E-state index in [1.807, 2.05) is 34.3 Å². The standard InChI is InChI=1S/C20H20N4O5S2/c25-20(19-7-2-8-22(19)15-17-5-3-13-30-17)21-9-11-23(12-10-21)31(28,29)18-6-1-4-16(14-18)24(26)27/h1-8,13-14H,9-12,15H2. The third-order valence-corrected chi connectivity index (χ3v) is 7.90. The summed E-state index contributed by atoms with van der Waals surface area (Å²) in [6.45, 7) is 1.35. The Kier molecular flexibility index (Phi) is 5.90. The maximum Gasteiger partial charge on any atom is 0.270 e. The minimum atomic E-state index is -3.88. The van der Waals surface area contributed by atoms with Crippen molar-refractivity contribution in [3.63, 3.8) is 0 Å². The van der Waals surface area contributed by atoms with Crippen molar-refractivity contribution in [1.29, 1.82) is 0 Å². The summed E-state index contributed by atoms with van der Waals surface area (Å²) in [4.78, 5) is 26.0. The molecule has 0 spiro atoms. The van der Waals surface area contributed by atoms with E-state index in [9.17, 15) is 23.3 Å². The van der Waals surface area contributed by atoms with E-state index in [-0.39, 0.29) is 42.7 Å². The van der Waals surface area contributed by atoms with Crippen LogP contribution >= 0.6 is 11.3 Å². The van der Waals surface area contributed by atoms with Crippen LogP contribution in [0.4, 0.5) is 5.69 Å². The summed E-state index contributed by atoms with van der Waals surface area (Å²) >= 11 is 1.62. The molecule has 1 aliphatic heterocycles. The Bertz CT molecular complexity index is 1200. The van der Waals surface area contributed by atoms with Gasteiger partial charge in [0.1, 0.15) is 5.69 Å². The minimum absolute atomic E-state index is 0.119. The third kappa shape index (κ3) is 4.38. The van der Waals surface area contributed by atoms with Crippen LogP contribution in [0.15, 0.2) is 65.0 Å². The first-order valence-corrected chi connectivity index (χ1v) is 11.9. The van der Waals surface area contributed by atoms with Gasteiger partial charge in [-0.2, -0.15) is 4.31 Å². The van der Waals surface area contributed by atoms with Gasteiger partial charge in [-0.25, -0.2) is 8.42 Å².